The molecule has 1 fully saturated rings. The minimum Gasteiger partial charge on any atom is -0.271 e. The lowest BCUT2D eigenvalue weighted by atomic mass is 10.1. The zero-order valence-corrected chi connectivity index (χ0v) is 12.4. The van der Waals surface area contributed by atoms with E-state index in [1.807, 2.05) is 0 Å². The van der Waals surface area contributed by atoms with Gasteiger partial charge in [0.25, 0.3) is 17.7 Å². The highest BCUT2D eigenvalue weighted by atomic mass is 16.7. The molecule has 0 saturated carbocycles. The van der Waals surface area contributed by atoms with Crippen molar-refractivity contribution >= 4 is 17.7 Å². The molecule has 0 spiro atoms. The van der Waals surface area contributed by atoms with Gasteiger partial charge in [0, 0.05) is 6.54 Å². The van der Waals surface area contributed by atoms with E-state index in [1.165, 1.54) is 5.06 Å². The van der Waals surface area contributed by atoms with Crippen molar-refractivity contribution in [2.45, 2.75) is 32.2 Å². The molecule has 0 aromatic heterocycles. The van der Waals surface area contributed by atoms with Crippen LogP contribution in [0.5, 0.6) is 0 Å². The molecule has 3 rings (SSSR count). The van der Waals surface area contributed by atoms with E-state index in [0.29, 0.717) is 24.3 Å². The minimum absolute atomic E-state index is 0.351. The summed E-state index contributed by atoms with van der Waals surface area (Å²) < 4.78 is 0. The molecule has 0 unspecified atom stereocenters. The maximum absolute atomic E-state index is 12.5. The molecule has 2 aliphatic heterocycles. The average Bonchev–Trinajstić information content (AvgIpc) is 2.74. The largest absolute Gasteiger partial charge is 0.271 e. The molecule has 22 heavy (non-hydrogen) atoms. The second-order valence-corrected chi connectivity index (χ2v) is 5.54. The predicted molar refractivity (Wildman–Crippen MR) is 77.9 cm³/mol. The first-order valence-electron chi connectivity index (χ1n) is 7.52. The van der Waals surface area contributed by atoms with Gasteiger partial charge in [0.15, 0.2) is 0 Å². The molecule has 2 heterocycles. The number of hydrogen-bond donors (Lipinski definition) is 0. The normalized spacial score (nSPS) is 19.9. The summed E-state index contributed by atoms with van der Waals surface area (Å²) in [6, 6.07) is 5.76. The molecule has 3 amide bonds. The van der Waals surface area contributed by atoms with Crippen LogP contribution >= 0.6 is 0 Å². The van der Waals surface area contributed by atoms with E-state index < -0.39 is 17.9 Å². The van der Waals surface area contributed by atoms with Crippen molar-refractivity contribution in [1.29, 1.82) is 0 Å². The van der Waals surface area contributed by atoms with Crippen LogP contribution in [0, 0.1) is 0 Å². The van der Waals surface area contributed by atoms with Gasteiger partial charge in [0.05, 0.1) is 17.7 Å². The summed E-state index contributed by atoms with van der Waals surface area (Å²) in [7, 11) is 0. The van der Waals surface area contributed by atoms with Crippen LogP contribution < -0.4 is 0 Å². The number of hydrogen-bond acceptors (Lipinski definition) is 4. The first-order chi connectivity index (χ1) is 10.6. The van der Waals surface area contributed by atoms with E-state index >= 15 is 0 Å². The number of imide groups is 1. The Morgan fingerprint density at radius 1 is 1.09 bits per heavy atom. The topological polar surface area (TPSA) is 66.9 Å². The van der Waals surface area contributed by atoms with Gasteiger partial charge in [-0.1, -0.05) is 12.1 Å². The Balaban J connectivity index is 1.81. The SMILES string of the molecule is C[C@H](C(=O)N1CCCCCO1)N1C(=O)c2ccccc2C1=O. The maximum atomic E-state index is 12.5. The van der Waals surface area contributed by atoms with Crippen molar-refractivity contribution in [1.82, 2.24) is 9.96 Å². The summed E-state index contributed by atoms with van der Waals surface area (Å²) in [5.41, 5.74) is 0.702. The summed E-state index contributed by atoms with van der Waals surface area (Å²) in [5, 5.41) is 1.29. The fourth-order valence-corrected chi connectivity index (χ4v) is 2.83. The van der Waals surface area contributed by atoms with Crippen molar-refractivity contribution in [3.05, 3.63) is 35.4 Å². The summed E-state index contributed by atoms with van der Waals surface area (Å²) in [4.78, 5) is 43.8. The van der Waals surface area contributed by atoms with Gasteiger partial charge in [0.1, 0.15) is 6.04 Å². The molecule has 1 atom stereocenters. The number of nitrogens with zero attached hydrogens (tertiary/aromatic N) is 2. The fourth-order valence-electron chi connectivity index (χ4n) is 2.83. The van der Waals surface area contributed by atoms with E-state index in [2.05, 4.69) is 0 Å². The molecular formula is C16H18N2O4. The van der Waals surface area contributed by atoms with Crippen molar-refractivity contribution in [3.8, 4) is 0 Å². The van der Waals surface area contributed by atoms with E-state index in [4.69, 9.17) is 4.84 Å². The highest BCUT2D eigenvalue weighted by Gasteiger charge is 2.42. The van der Waals surface area contributed by atoms with Crippen LogP contribution in [-0.2, 0) is 9.63 Å². The van der Waals surface area contributed by atoms with Crippen molar-refractivity contribution in [3.63, 3.8) is 0 Å². The summed E-state index contributed by atoms with van der Waals surface area (Å²) in [6.07, 6.45) is 2.77. The van der Waals surface area contributed by atoms with Gasteiger partial charge in [-0.3, -0.25) is 24.1 Å². The number of carbonyl (C=O) groups is 3. The van der Waals surface area contributed by atoms with E-state index in [1.54, 1.807) is 31.2 Å². The number of carbonyl (C=O) groups excluding carboxylic acids is 3. The van der Waals surface area contributed by atoms with Crippen LogP contribution in [0.3, 0.4) is 0 Å². The zero-order chi connectivity index (χ0) is 15.7. The molecular weight excluding hydrogens is 284 g/mol. The van der Waals surface area contributed by atoms with Gasteiger partial charge in [-0.25, -0.2) is 5.06 Å². The predicted octanol–water partition coefficient (Wildman–Crippen LogP) is 1.62. The van der Waals surface area contributed by atoms with E-state index in [-0.39, 0.29) is 5.91 Å². The molecule has 2 aliphatic rings. The Labute approximate surface area is 128 Å². The maximum Gasteiger partial charge on any atom is 0.269 e. The van der Waals surface area contributed by atoms with Gasteiger partial charge in [-0.15, -0.1) is 0 Å². The molecule has 0 bridgehead atoms. The van der Waals surface area contributed by atoms with Gasteiger partial charge in [-0.05, 0) is 38.3 Å². The number of hydroxylamine groups is 2. The first-order valence-corrected chi connectivity index (χ1v) is 7.52. The molecule has 6 nitrogen and oxygen atoms in total. The molecule has 116 valence electrons. The van der Waals surface area contributed by atoms with Crippen LogP contribution in [0.1, 0.15) is 46.9 Å². The number of rotatable bonds is 2. The average molecular weight is 302 g/mol. The monoisotopic (exact) mass is 302 g/mol. The second-order valence-electron chi connectivity index (χ2n) is 5.54. The standard InChI is InChI=1S/C16H18N2O4/c1-11(14(19)17-9-5-2-6-10-22-17)18-15(20)12-7-3-4-8-13(12)16(18)21/h3-4,7-8,11H,2,5-6,9-10H2,1H3/t11-/m1/s1. The molecule has 1 aromatic carbocycles. The molecule has 0 N–H and O–H groups in total. The van der Waals surface area contributed by atoms with Crippen molar-refractivity contribution < 1.29 is 19.2 Å². The lowest BCUT2D eigenvalue weighted by molar-refractivity contribution is -0.187. The van der Waals surface area contributed by atoms with E-state index in [0.717, 1.165) is 24.2 Å². The fraction of sp³-hybridized carbons (Fsp3) is 0.438. The number of benzene rings is 1. The Kier molecular flexibility index (Phi) is 3.94. The zero-order valence-electron chi connectivity index (χ0n) is 12.4. The van der Waals surface area contributed by atoms with E-state index in [9.17, 15) is 14.4 Å². The number of fused-ring (bicyclic) bond motifs is 1. The minimum atomic E-state index is -0.870. The van der Waals surface area contributed by atoms with Crippen LogP contribution in [0.2, 0.25) is 0 Å². The third kappa shape index (κ3) is 2.39. The van der Waals surface area contributed by atoms with Crippen LogP contribution in [-0.4, -0.2) is 46.9 Å². The lowest BCUT2D eigenvalue weighted by Crippen LogP contribution is -2.49. The van der Waals surface area contributed by atoms with Crippen molar-refractivity contribution in [2.24, 2.45) is 0 Å². The molecule has 6 heteroatoms. The third-order valence-corrected chi connectivity index (χ3v) is 4.07. The van der Waals surface area contributed by atoms with Crippen LogP contribution in [0.25, 0.3) is 0 Å². The van der Waals surface area contributed by atoms with Gasteiger partial charge in [0.2, 0.25) is 0 Å². The molecule has 0 radical (unpaired) electrons. The first kappa shape index (κ1) is 14.7. The molecule has 0 aliphatic carbocycles. The van der Waals surface area contributed by atoms with Gasteiger partial charge < -0.3 is 0 Å². The Morgan fingerprint density at radius 3 is 2.36 bits per heavy atom. The van der Waals surface area contributed by atoms with Crippen LogP contribution in [0.4, 0.5) is 0 Å². The quantitative estimate of drug-likeness (QED) is 0.779. The summed E-state index contributed by atoms with van der Waals surface area (Å²) in [6.45, 7) is 2.55. The Morgan fingerprint density at radius 2 is 1.73 bits per heavy atom. The van der Waals surface area contributed by atoms with Gasteiger partial charge >= 0.3 is 0 Å². The van der Waals surface area contributed by atoms with Gasteiger partial charge in [-0.2, -0.15) is 0 Å². The second kappa shape index (κ2) is 5.88. The Bertz CT molecular complexity index is 585. The molecule has 1 saturated heterocycles. The van der Waals surface area contributed by atoms with Crippen molar-refractivity contribution in [2.75, 3.05) is 13.2 Å². The molecule has 1 aromatic rings. The number of amides is 3. The lowest BCUT2D eigenvalue weighted by Gasteiger charge is -2.27. The summed E-state index contributed by atoms with van der Waals surface area (Å²) >= 11 is 0. The van der Waals surface area contributed by atoms with Crippen LogP contribution in [0.15, 0.2) is 24.3 Å². The highest BCUT2D eigenvalue weighted by Crippen LogP contribution is 2.25. The summed E-state index contributed by atoms with van der Waals surface area (Å²) in [5.74, 6) is -1.19. The third-order valence-electron chi connectivity index (χ3n) is 4.07. The Hall–Kier alpha value is -2.21. The smallest absolute Gasteiger partial charge is 0.269 e. The highest BCUT2D eigenvalue weighted by molar-refractivity contribution is 6.22.